The number of aromatic nitrogens is 6. The van der Waals surface area contributed by atoms with Gasteiger partial charge in [0.2, 0.25) is 11.8 Å². The van der Waals surface area contributed by atoms with Gasteiger partial charge in [-0.15, -0.1) is 0 Å². The maximum absolute atomic E-state index is 13.4. The molecule has 1 aliphatic heterocycles. The summed E-state index contributed by atoms with van der Waals surface area (Å²) >= 11 is 0. The minimum atomic E-state index is -0.269. The number of nitrogens with zero attached hydrogens (tertiary/aromatic N) is 5. The van der Waals surface area contributed by atoms with Gasteiger partial charge in [0.15, 0.2) is 17.1 Å². The van der Waals surface area contributed by atoms with Crippen molar-refractivity contribution in [3.05, 3.63) is 65.3 Å². The smallest absolute Gasteiger partial charge is 0.267 e. The Morgan fingerprint density at radius 3 is 2.94 bits per heavy atom. The van der Waals surface area contributed by atoms with Crippen molar-refractivity contribution < 1.29 is 14.2 Å². The molecule has 0 saturated heterocycles. The molecule has 0 aliphatic carbocycles. The van der Waals surface area contributed by atoms with Gasteiger partial charge in [-0.1, -0.05) is 12.1 Å². The van der Waals surface area contributed by atoms with Crippen LogP contribution in [0.1, 0.15) is 0 Å². The highest BCUT2D eigenvalue weighted by Crippen LogP contribution is 2.31. The Morgan fingerprint density at radius 1 is 1.18 bits per heavy atom. The van der Waals surface area contributed by atoms with Crippen LogP contribution >= 0.6 is 0 Å². The summed E-state index contributed by atoms with van der Waals surface area (Å²) in [5.41, 5.74) is 1.29. The number of anilines is 1. The van der Waals surface area contributed by atoms with E-state index in [4.69, 9.17) is 14.2 Å². The first-order valence-corrected chi connectivity index (χ1v) is 10.6. The SMILES string of the molecule is COc1cc(-n2c(=O)c3cn[nH]c3c3cnc(NC[C@H]4COc5ccccc5O4)nc32)ccn1. The van der Waals surface area contributed by atoms with Crippen LogP contribution in [0, 0.1) is 0 Å². The van der Waals surface area contributed by atoms with Crippen molar-refractivity contribution in [2.75, 3.05) is 25.6 Å². The number of H-pyrrole nitrogens is 1. The molecule has 11 nitrogen and oxygen atoms in total. The van der Waals surface area contributed by atoms with Crippen LogP contribution in [0.5, 0.6) is 17.4 Å². The molecule has 1 atom stereocenters. The largest absolute Gasteiger partial charge is 0.486 e. The maximum atomic E-state index is 13.4. The van der Waals surface area contributed by atoms with Gasteiger partial charge in [-0.2, -0.15) is 10.1 Å². The number of hydrogen-bond acceptors (Lipinski definition) is 9. The average Bonchev–Trinajstić information content (AvgIpc) is 3.38. The number of fused-ring (bicyclic) bond motifs is 4. The summed E-state index contributed by atoms with van der Waals surface area (Å²) in [5, 5.41) is 11.2. The van der Waals surface area contributed by atoms with Gasteiger partial charge < -0.3 is 19.5 Å². The quantitative estimate of drug-likeness (QED) is 0.408. The van der Waals surface area contributed by atoms with Crippen LogP contribution in [0.15, 0.2) is 59.8 Å². The molecule has 5 aromatic rings. The first kappa shape index (κ1) is 20.0. The predicted molar refractivity (Wildman–Crippen MR) is 124 cm³/mol. The van der Waals surface area contributed by atoms with Crippen molar-refractivity contribution in [1.82, 2.24) is 29.7 Å². The van der Waals surface area contributed by atoms with Crippen molar-refractivity contribution in [2.24, 2.45) is 0 Å². The van der Waals surface area contributed by atoms with Crippen LogP contribution in [-0.2, 0) is 0 Å². The number of hydrogen-bond donors (Lipinski definition) is 2. The molecule has 5 heterocycles. The fourth-order valence-electron chi connectivity index (χ4n) is 3.93. The zero-order valence-electron chi connectivity index (χ0n) is 18.1. The molecule has 0 amide bonds. The van der Waals surface area contributed by atoms with Crippen molar-refractivity contribution in [3.63, 3.8) is 0 Å². The van der Waals surface area contributed by atoms with Crippen molar-refractivity contribution in [2.45, 2.75) is 6.10 Å². The van der Waals surface area contributed by atoms with Crippen LogP contribution in [-0.4, -0.2) is 56.1 Å². The van der Waals surface area contributed by atoms with Gasteiger partial charge in [0.1, 0.15) is 12.7 Å². The van der Waals surface area contributed by atoms with Crippen LogP contribution in [0.2, 0.25) is 0 Å². The van der Waals surface area contributed by atoms with E-state index in [9.17, 15) is 4.79 Å². The molecular weight excluding hydrogens is 438 g/mol. The summed E-state index contributed by atoms with van der Waals surface area (Å²) in [5.74, 6) is 2.15. The van der Waals surface area contributed by atoms with Crippen molar-refractivity contribution in [1.29, 1.82) is 0 Å². The number of para-hydroxylation sites is 2. The molecule has 0 spiro atoms. The normalized spacial score (nSPS) is 14.9. The highest BCUT2D eigenvalue weighted by atomic mass is 16.6. The first-order valence-electron chi connectivity index (χ1n) is 10.6. The van der Waals surface area contributed by atoms with Gasteiger partial charge in [-0.3, -0.25) is 14.5 Å². The number of methoxy groups -OCH3 is 1. The Kier molecular flexibility index (Phi) is 4.72. The fourth-order valence-corrected chi connectivity index (χ4v) is 3.93. The molecule has 1 aromatic carbocycles. The number of nitrogens with one attached hydrogen (secondary N) is 2. The van der Waals surface area contributed by atoms with E-state index in [2.05, 4.69) is 30.5 Å². The zero-order valence-corrected chi connectivity index (χ0v) is 18.1. The van der Waals surface area contributed by atoms with E-state index in [1.54, 1.807) is 24.5 Å². The third-order valence-corrected chi connectivity index (χ3v) is 5.56. The molecule has 0 unspecified atom stereocenters. The van der Waals surface area contributed by atoms with Gasteiger partial charge in [0, 0.05) is 18.5 Å². The average molecular weight is 457 g/mol. The van der Waals surface area contributed by atoms with Crippen LogP contribution in [0.3, 0.4) is 0 Å². The molecule has 11 heteroatoms. The van der Waals surface area contributed by atoms with Crippen molar-refractivity contribution >= 4 is 27.9 Å². The molecule has 170 valence electrons. The highest BCUT2D eigenvalue weighted by molar-refractivity contribution is 6.02. The number of ether oxygens (including phenoxy) is 3. The lowest BCUT2D eigenvalue weighted by molar-refractivity contribution is 0.0996. The minimum absolute atomic E-state index is 0.226. The van der Waals surface area contributed by atoms with Crippen LogP contribution in [0.25, 0.3) is 27.6 Å². The topological polar surface area (TPSA) is 129 Å². The lowest BCUT2D eigenvalue weighted by atomic mass is 10.2. The monoisotopic (exact) mass is 457 g/mol. The second-order valence-corrected chi connectivity index (χ2v) is 7.67. The van der Waals surface area contributed by atoms with Gasteiger partial charge >= 0.3 is 0 Å². The second-order valence-electron chi connectivity index (χ2n) is 7.67. The Bertz CT molecular complexity index is 1580. The summed E-state index contributed by atoms with van der Waals surface area (Å²) in [6.45, 7) is 0.813. The standard InChI is InChI=1S/C23H19N7O4/c1-32-19-8-13(6-7-24-19)30-21-15(20-16(22(30)31)11-27-29-20)10-26-23(28-21)25-9-14-12-33-17-4-2-3-5-18(17)34-14/h2-8,10-11,14H,9,12H2,1H3,(H,27,29)(H,25,26,28)/t14-/m0/s1. The lowest BCUT2D eigenvalue weighted by Crippen LogP contribution is -2.35. The van der Waals surface area contributed by atoms with Gasteiger partial charge in [0.05, 0.1) is 41.8 Å². The van der Waals surface area contributed by atoms with Crippen molar-refractivity contribution in [3.8, 4) is 23.1 Å². The van der Waals surface area contributed by atoms with E-state index < -0.39 is 0 Å². The summed E-state index contributed by atoms with van der Waals surface area (Å²) in [6.07, 6.45) is 4.50. The van der Waals surface area contributed by atoms with Gasteiger partial charge in [0.25, 0.3) is 5.56 Å². The Hall–Kier alpha value is -4.67. The molecule has 0 saturated carbocycles. The molecule has 4 aromatic heterocycles. The Balaban J connectivity index is 1.38. The summed E-state index contributed by atoms with van der Waals surface area (Å²) in [4.78, 5) is 26.6. The molecule has 0 fully saturated rings. The number of aromatic amines is 1. The first-order chi connectivity index (χ1) is 16.7. The fraction of sp³-hybridized carbons (Fsp3) is 0.174. The number of rotatable bonds is 5. The van der Waals surface area contributed by atoms with Gasteiger partial charge in [-0.25, -0.2) is 9.97 Å². The lowest BCUT2D eigenvalue weighted by Gasteiger charge is -2.26. The zero-order chi connectivity index (χ0) is 23.1. The van der Waals surface area contributed by atoms with E-state index in [0.717, 1.165) is 5.75 Å². The summed E-state index contributed by atoms with van der Waals surface area (Å²) in [7, 11) is 1.52. The van der Waals surface area contributed by atoms with Crippen LogP contribution < -0.4 is 25.1 Å². The summed E-state index contributed by atoms with van der Waals surface area (Å²) < 4.78 is 18.5. The highest BCUT2D eigenvalue weighted by Gasteiger charge is 2.21. The summed E-state index contributed by atoms with van der Waals surface area (Å²) in [6, 6.07) is 10.9. The second kappa shape index (κ2) is 8.03. The third kappa shape index (κ3) is 3.34. The maximum Gasteiger partial charge on any atom is 0.267 e. The Morgan fingerprint density at radius 2 is 2.06 bits per heavy atom. The van der Waals surface area contributed by atoms with E-state index in [0.29, 0.717) is 58.4 Å². The third-order valence-electron chi connectivity index (χ3n) is 5.56. The molecule has 0 bridgehead atoms. The molecule has 6 rings (SSSR count). The van der Waals surface area contributed by atoms with Gasteiger partial charge in [-0.05, 0) is 18.2 Å². The van der Waals surface area contributed by atoms with E-state index >= 15 is 0 Å². The van der Waals surface area contributed by atoms with E-state index in [-0.39, 0.29) is 11.7 Å². The molecular formula is C23H19N7O4. The predicted octanol–water partition coefficient (Wildman–Crippen LogP) is 2.31. The molecule has 1 aliphatic rings. The minimum Gasteiger partial charge on any atom is -0.486 e. The van der Waals surface area contributed by atoms with E-state index in [1.807, 2.05) is 24.3 Å². The number of pyridine rings is 2. The number of benzene rings is 1. The molecule has 0 radical (unpaired) electrons. The van der Waals surface area contributed by atoms with Crippen LogP contribution in [0.4, 0.5) is 5.95 Å². The molecule has 34 heavy (non-hydrogen) atoms. The van der Waals surface area contributed by atoms with E-state index in [1.165, 1.54) is 17.9 Å². The Labute approximate surface area is 192 Å². The molecule has 2 N–H and O–H groups in total.